The lowest BCUT2D eigenvalue weighted by atomic mass is 9.77. The van der Waals surface area contributed by atoms with Crippen LogP contribution in [0, 0.1) is 5.92 Å². The molecule has 120 valence electrons. The van der Waals surface area contributed by atoms with Gasteiger partial charge >= 0.3 is 0 Å². The van der Waals surface area contributed by atoms with E-state index in [1.807, 2.05) is 11.8 Å². The van der Waals surface area contributed by atoms with E-state index in [4.69, 9.17) is 0 Å². The average molecular weight is 311 g/mol. The molecule has 0 aromatic carbocycles. The molecule has 2 N–H and O–H groups in total. The molecule has 21 heavy (non-hydrogen) atoms. The van der Waals surface area contributed by atoms with Gasteiger partial charge < -0.3 is 10.6 Å². The van der Waals surface area contributed by atoms with Crippen molar-refractivity contribution in [3.8, 4) is 0 Å². The number of rotatable bonds is 3. The molecule has 2 saturated carbocycles. The molecule has 3 rings (SSSR count). The Kier molecular flexibility index (Phi) is 5.49. The fraction of sp³-hybridized carbons (Fsp3) is 0.941. The number of amides is 1. The Labute approximate surface area is 133 Å². The molecule has 0 radical (unpaired) electrons. The van der Waals surface area contributed by atoms with Crippen LogP contribution in [0.15, 0.2) is 0 Å². The quantitative estimate of drug-likeness (QED) is 0.841. The van der Waals surface area contributed by atoms with E-state index in [-0.39, 0.29) is 11.9 Å². The van der Waals surface area contributed by atoms with Gasteiger partial charge in [0, 0.05) is 17.3 Å². The normalized spacial score (nSPS) is 40.3. The summed E-state index contributed by atoms with van der Waals surface area (Å²) in [6, 6.07) is 1.09. The van der Waals surface area contributed by atoms with Crippen LogP contribution in [0.3, 0.4) is 0 Å². The summed E-state index contributed by atoms with van der Waals surface area (Å²) >= 11 is 1.96. The molecule has 3 fully saturated rings. The van der Waals surface area contributed by atoms with Gasteiger partial charge in [-0.1, -0.05) is 19.3 Å². The van der Waals surface area contributed by atoms with Crippen LogP contribution in [0.4, 0.5) is 0 Å². The van der Waals surface area contributed by atoms with Gasteiger partial charge in [-0.3, -0.25) is 4.79 Å². The van der Waals surface area contributed by atoms with Gasteiger partial charge in [-0.25, -0.2) is 0 Å². The van der Waals surface area contributed by atoms with Crippen molar-refractivity contribution >= 4 is 17.7 Å². The van der Waals surface area contributed by atoms with Crippen LogP contribution in [0.2, 0.25) is 0 Å². The Morgan fingerprint density at radius 1 is 1.05 bits per heavy atom. The molecular formula is C17H30N2OS. The summed E-state index contributed by atoms with van der Waals surface area (Å²) in [5.74, 6) is 1.10. The Morgan fingerprint density at radius 2 is 1.90 bits per heavy atom. The maximum Gasteiger partial charge on any atom is 0.237 e. The molecule has 1 heterocycles. The molecule has 5 atom stereocenters. The molecule has 0 bridgehead atoms. The third kappa shape index (κ3) is 3.95. The number of nitrogens with one attached hydrogen (secondary N) is 2. The van der Waals surface area contributed by atoms with Crippen LogP contribution >= 0.6 is 11.8 Å². The van der Waals surface area contributed by atoms with E-state index in [0.29, 0.717) is 12.1 Å². The number of hydrogen-bond acceptors (Lipinski definition) is 3. The number of fused-ring (bicyclic) bond motifs is 1. The highest BCUT2D eigenvalue weighted by atomic mass is 32.2. The van der Waals surface area contributed by atoms with Crippen LogP contribution < -0.4 is 10.6 Å². The first-order valence-corrected chi connectivity index (χ1v) is 10.1. The lowest BCUT2D eigenvalue weighted by Crippen LogP contribution is -2.56. The largest absolute Gasteiger partial charge is 0.352 e. The van der Waals surface area contributed by atoms with Crippen LogP contribution in [0.5, 0.6) is 0 Å². The maximum atomic E-state index is 12.6. The van der Waals surface area contributed by atoms with Gasteiger partial charge in [0.2, 0.25) is 5.91 Å². The first-order chi connectivity index (χ1) is 10.3. The van der Waals surface area contributed by atoms with Crippen LogP contribution in [-0.2, 0) is 4.79 Å². The number of carbonyl (C=O) groups is 1. The minimum absolute atomic E-state index is 0.0685. The summed E-state index contributed by atoms with van der Waals surface area (Å²) in [5, 5.41) is 7.73. The zero-order chi connectivity index (χ0) is 14.7. The van der Waals surface area contributed by atoms with E-state index in [0.717, 1.165) is 24.0 Å². The van der Waals surface area contributed by atoms with Crippen molar-refractivity contribution in [2.24, 2.45) is 5.92 Å². The Bertz CT molecular complexity index is 363. The molecule has 0 aromatic heterocycles. The zero-order valence-corrected chi connectivity index (χ0v) is 14.1. The van der Waals surface area contributed by atoms with Crippen molar-refractivity contribution in [1.29, 1.82) is 0 Å². The smallest absolute Gasteiger partial charge is 0.237 e. The Morgan fingerprint density at radius 3 is 2.76 bits per heavy atom. The summed E-state index contributed by atoms with van der Waals surface area (Å²) in [5.41, 5.74) is 0. The molecule has 1 amide bonds. The van der Waals surface area contributed by atoms with Crippen molar-refractivity contribution in [2.45, 2.75) is 87.6 Å². The van der Waals surface area contributed by atoms with E-state index in [9.17, 15) is 4.79 Å². The highest BCUT2D eigenvalue weighted by molar-refractivity contribution is 7.99. The van der Waals surface area contributed by atoms with E-state index in [1.54, 1.807) is 0 Å². The molecular weight excluding hydrogens is 280 g/mol. The van der Waals surface area contributed by atoms with Gasteiger partial charge in [-0.05, 0) is 57.1 Å². The molecule has 0 aromatic rings. The summed E-state index contributed by atoms with van der Waals surface area (Å²) < 4.78 is 0. The van der Waals surface area contributed by atoms with Crippen molar-refractivity contribution in [3.63, 3.8) is 0 Å². The van der Waals surface area contributed by atoms with Crippen molar-refractivity contribution < 1.29 is 4.79 Å². The van der Waals surface area contributed by atoms with Gasteiger partial charge in [0.15, 0.2) is 0 Å². The summed E-state index contributed by atoms with van der Waals surface area (Å²) in [4.78, 5) is 12.6. The van der Waals surface area contributed by atoms with Crippen LogP contribution in [-0.4, -0.2) is 35.5 Å². The second-order valence-electron chi connectivity index (χ2n) is 7.18. The highest BCUT2D eigenvalue weighted by Crippen LogP contribution is 2.32. The predicted molar refractivity (Wildman–Crippen MR) is 89.6 cm³/mol. The second kappa shape index (κ2) is 7.36. The second-order valence-corrected chi connectivity index (χ2v) is 8.32. The minimum atomic E-state index is 0.0685. The van der Waals surface area contributed by atoms with E-state index < -0.39 is 0 Å². The number of thioether (sulfide) groups is 1. The number of hydrogen-bond donors (Lipinski definition) is 2. The Balaban J connectivity index is 1.49. The van der Waals surface area contributed by atoms with E-state index in [1.165, 1.54) is 51.4 Å². The lowest BCUT2D eigenvalue weighted by molar-refractivity contribution is -0.125. The van der Waals surface area contributed by atoms with Gasteiger partial charge in [0.05, 0.1) is 6.04 Å². The molecule has 5 unspecified atom stereocenters. The number of piperidine rings is 1. The molecule has 1 aliphatic heterocycles. The summed E-state index contributed by atoms with van der Waals surface area (Å²) in [6.07, 6.45) is 14.7. The molecule has 3 nitrogen and oxygen atoms in total. The molecule has 2 aliphatic carbocycles. The summed E-state index contributed by atoms with van der Waals surface area (Å²) in [6.45, 7) is 0. The SMILES string of the molecule is CSC1CCCC(NC(=O)C2CCC3CCCCC3N2)C1. The van der Waals surface area contributed by atoms with E-state index >= 15 is 0 Å². The first kappa shape index (κ1) is 15.7. The lowest BCUT2D eigenvalue weighted by Gasteiger charge is -2.40. The van der Waals surface area contributed by atoms with Crippen LogP contribution in [0.1, 0.15) is 64.2 Å². The van der Waals surface area contributed by atoms with Gasteiger partial charge in [0.1, 0.15) is 0 Å². The first-order valence-electron chi connectivity index (χ1n) is 8.85. The fourth-order valence-corrected chi connectivity index (χ4v) is 5.32. The number of carbonyl (C=O) groups excluding carboxylic acids is 1. The molecule has 4 heteroatoms. The van der Waals surface area contributed by atoms with Crippen LogP contribution in [0.25, 0.3) is 0 Å². The zero-order valence-electron chi connectivity index (χ0n) is 13.3. The van der Waals surface area contributed by atoms with Gasteiger partial charge in [-0.2, -0.15) is 11.8 Å². The fourth-order valence-electron chi connectivity index (χ4n) is 4.49. The molecule has 0 spiro atoms. The van der Waals surface area contributed by atoms with Gasteiger partial charge in [-0.15, -0.1) is 0 Å². The van der Waals surface area contributed by atoms with E-state index in [2.05, 4.69) is 16.9 Å². The highest BCUT2D eigenvalue weighted by Gasteiger charge is 2.35. The monoisotopic (exact) mass is 310 g/mol. The molecule has 1 saturated heterocycles. The van der Waals surface area contributed by atoms with Crippen molar-refractivity contribution in [1.82, 2.24) is 10.6 Å². The standard InChI is InChI=1S/C17H30N2OS/c1-21-14-7-4-6-13(11-14)18-17(20)16-10-9-12-5-2-3-8-15(12)19-16/h12-16,19H,2-11H2,1H3,(H,18,20). The third-order valence-electron chi connectivity index (χ3n) is 5.77. The topological polar surface area (TPSA) is 41.1 Å². The minimum Gasteiger partial charge on any atom is -0.352 e. The average Bonchev–Trinajstić information content (AvgIpc) is 2.54. The predicted octanol–water partition coefficient (Wildman–Crippen LogP) is 3.09. The Hall–Kier alpha value is -0.220. The van der Waals surface area contributed by atoms with Crippen molar-refractivity contribution in [2.75, 3.05) is 6.26 Å². The third-order valence-corrected chi connectivity index (χ3v) is 6.87. The van der Waals surface area contributed by atoms with Gasteiger partial charge in [0.25, 0.3) is 0 Å². The molecule has 3 aliphatic rings. The maximum absolute atomic E-state index is 12.6. The van der Waals surface area contributed by atoms with Crippen molar-refractivity contribution in [3.05, 3.63) is 0 Å². The summed E-state index contributed by atoms with van der Waals surface area (Å²) in [7, 11) is 0.